The van der Waals surface area contributed by atoms with Crippen molar-refractivity contribution in [1.82, 2.24) is 15.1 Å². The Morgan fingerprint density at radius 1 is 1.29 bits per heavy atom. The molecule has 2 aliphatic rings. The van der Waals surface area contributed by atoms with Gasteiger partial charge in [-0.2, -0.15) is 13.2 Å². The van der Waals surface area contributed by atoms with E-state index in [0.29, 0.717) is 24.9 Å². The standard InChI is InChI=1S/C16H29F3N4.HI/c1-3-20-14(23-11-8-15(12-23)6-4-7-15)21-9-5-10-22(2)13-16(17,18)19;/h3-13H2,1-2H3,(H,20,21);1H. The van der Waals surface area contributed by atoms with E-state index in [0.717, 1.165) is 25.6 Å². The van der Waals surface area contributed by atoms with Gasteiger partial charge in [0.1, 0.15) is 0 Å². The van der Waals surface area contributed by atoms with Gasteiger partial charge in [0.25, 0.3) is 0 Å². The second kappa shape index (κ2) is 9.45. The van der Waals surface area contributed by atoms with Gasteiger partial charge in [0.2, 0.25) is 0 Å². The van der Waals surface area contributed by atoms with E-state index in [-0.39, 0.29) is 24.0 Å². The summed E-state index contributed by atoms with van der Waals surface area (Å²) in [5.74, 6) is 0.926. The van der Waals surface area contributed by atoms with Crippen molar-refractivity contribution in [2.75, 3.05) is 46.3 Å². The van der Waals surface area contributed by atoms with Crippen molar-refractivity contribution in [3.05, 3.63) is 0 Å². The second-order valence-electron chi connectivity index (χ2n) is 6.97. The molecule has 142 valence electrons. The van der Waals surface area contributed by atoms with Gasteiger partial charge in [-0.1, -0.05) is 6.42 Å². The summed E-state index contributed by atoms with van der Waals surface area (Å²) >= 11 is 0. The van der Waals surface area contributed by atoms with Gasteiger partial charge in [-0.3, -0.25) is 9.89 Å². The van der Waals surface area contributed by atoms with Gasteiger partial charge in [-0.05, 0) is 51.6 Å². The van der Waals surface area contributed by atoms with Crippen LogP contribution >= 0.6 is 24.0 Å². The summed E-state index contributed by atoms with van der Waals surface area (Å²) in [6.07, 6.45) is 1.75. The fourth-order valence-electron chi connectivity index (χ4n) is 3.54. The molecule has 0 aromatic heterocycles. The zero-order valence-corrected chi connectivity index (χ0v) is 17.0. The molecule has 8 heteroatoms. The molecule has 24 heavy (non-hydrogen) atoms. The van der Waals surface area contributed by atoms with Crippen LogP contribution in [0.25, 0.3) is 0 Å². The third kappa shape index (κ3) is 6.57. The molecule has 1 aliphatic carbocycles. The van der Waals surface area contributed by atoms with Crippen LogP contribution in [0.2, 0.25) is 0 Å². The predicted molar refractivity (Wildman–Crippen MR) is 102 cm³/mol. The number of aliphatic imine (C=N–C) groups is 1. The maximum Gasteiger partial charge on any atom is 0.401 e. The van der Waals surface area contributed by atoms with Crippen LogP contribution in [-0.4, -0.2) is 68.3 Å². The smallest absolute Gasteiger partial charge is 0.357 e. The number of nitrogens with zero attached hydrogens (tertiary/aromatic N) is 3. The molecule has 0 amide bonds. The molecule has 0 aromatic carbocycles. The van der Waals surface area contributed by atoms with Gasteiger partial charge in [0.15, 0.2) is 5.96 Å². The van der Waals surface area contributed by atoms with Crippen LogP contribution < -0.4 is 5.32 Å². The van der Waals surface area contributed by atoms with Gasteiger partial charge >= 0.3 is 6.18 Å². The zero-order valence-electron chi connectivity index (χ0n) is 14.7. The molecular formula is C16H30F3IN4. The summed E-state index contributed by atoms with van der Waals surface area (Å²) in [7, 11) is 1.50. The van der Waals surface area contributed by atoms with Crippen LogP contribution in [0.5, 0.6) is 0 Å². The number of hydrogen-bond acceptors (Lipinski definition) is 2. The number of guanidine groups is 1. The second-order valence-corrected chi connectivity index (χ2v) is 6.97. The van der Waals surface area contributed by atoms with Gasteiger partial charge in [-0.25, -0.2) is 0 Å². The summed E-state index contributed by atoms with van der Waals surface area (Å²) < 4.78 is 36.8. The van der Waals surface area contributed by atoms with Crippen LogP contribution in [0.3, 0.4) is 0 Å². The maximum absolute atomic E-state index is 12.3. The quantitative estimate of drug-likeness (QED) is 0.285. The van der Waals surface area contributed by atoms with Gasteiger partial charge in [0, 0.05) is 26.2 Å². The Morgan fingerprint density at radius 3 is 2.50 bits per heavy atom. The third-order valence-corrected chi connectivity index (χ3v) is 4.90. The number of hydrogen-bond donors (Lipinski definition) is 1. The van der Waals surface area contributed by atoms with E-state index >= 15 is 0 Å². The lowest BCUT2D eigenvalue weighted by molar-refractivity contribution is -0.143. The molecule has 0 unspecified atom stereocenters. The predicted octanol–water partition coefficient (Wildman–Crippen LogP) is 3.33. The minimum atomic E-state index is -4.13. The molecule has 0 bridgehead atoms. The molecular weight excluding hydrogens is 432 g/mol. The highest BCUT2D eigenvalue weighted by atomic mass is 127. The summed E-state index contributed by atoms with van der Waals surface area (Å²) in [5.41, 5.74) is 0.517. The van der Waals surface area contributed by atoms with Gasteiger partial charge in [0.05, 0.1) is 6.54 Å². The number of rotatable bonds is 6. The van der Waals surface area contributed by atoms with Crippen LogP contribution in [0.15, 0.2) is 4.99 Å². The normalized spacial score (nSPS) is 20.2. The fourth-order valence-corrected chi connectivity index (χ4v) is 3.54. The first-order chi connectivity index (χ1) is 10.8. The van der Waals surface area contributed by atoms with Crippen molar-refractivity contribution >= 4 is 29.9 Å². The summed E-state index contributed by atoms with van der Waals surface area (Å²) in [6.45, 7) is 5.09. The zero-order chi connectivity index (χ0) is 16.9. The number of halogens is 4. The van der Waals surface area contributed by atoms with Crippen molar-refractivity contribution in [3.63, 3.8) is 0 Å². The highest BCUT2D eigenvalue weighted by Gasteiger charge is 2.43. The lowest BCUT2D eigenvalue weighted by Crippen LogP contribution is -2.42. The molecule has 1 heterocycles. The molecule has 0 aromatic rings. The van der Waals surface area contributed by atoms with Crippen molar-refractivity contribution in [2.24, 2.45) is 10.4 Å². The maximum atomic E-state index is 12.3. The first kappa shape index (κ1) is 21.8. The number of nitrogens with one attached hydrogen (secondary N) is 1. The molecule has 0 atom stereocenters. The highest BCUT2D eigenvalue weighted by Crippen LogP contribution is 2.47. The van der Waals surface area contributed by atoms with Crippen molar-refractivity contribution < 1.29 is 13.2 Å². The first-order valence-corrected chi connectivity index (χ1v) is 8.62. The van der Waals surface area contributed by atoms with Crippen molar-refractivity contribution in [1.29, 1.82) is 0 Å². The van der Waals surface area contributed by atoms with E-state index in [1.807, 2.05) is 6.92 Å². The van der Waals surface area contributed by atoms with E-state index in [2.05, 4.69) is 15.2 Å². The molecule has 1 aliphatic heterocycles. The van der Waals surface area contributed by atoms with E-state index in [9.17, 15) is 13.2 Å². The van der Waals surface area contributed by atoms with E-state index in [1.165, 1.54) is 37.6 Å². The van der Waals surface area contributed by atoms with Crippen molar-refractivity contribution in [3.8, 4) is 0 Å². The summed E-state index contributed by atoms with van der Waals surface area (Å²) in [6, 6.07) is 0. The minimum absolute atomic E-state index is 0. The Labute approximate surface area is 160 Å². The minimum Gasteiger partial charge on any atom is -0.357 e. The molecule has 2 rings (SSSR count). The van der Waals surface area contributed by atoms with Gasteiger partial charge < -0.3 is 10.2 Å². The van der Waals surface area contributed by atoms with Gasteiger partial charge in [-0.15, -0.1) is 24.0 Å². The monoisotopic (exact) mass is 462 g/mol. The first-order valence-electron chi connectivity index (χ1n) is 8.62. The van der Waals surface area contributed by atoms with E-state index in [1.54, 1.807) is 0 Å². The Kier molecular flexibility index (Phi) is 8.58. The Hall–Kier alpha value is -0.250. The van der Waals surface area contributed by atoms with Crippen LogP contribution in [0.4, 0.5) is 13.2 Å². The molecule has 1 spiro atoms. The molecule has 1 saturated heterocycles. The van der Waals surface area contributed by atoms with E-state index < -0.39 is 12.7 Å². The molecule has 2 fully saturated rings. The summed E-state index contributed by atoms with van der Waals surface area (Å²) in [5, 5.41) is 3.32. The molecule has 1 N–H and O–H groups in total. The average Bonchev–Trinajstić information content (AvgIpc) is 2.85. The molecule has 0 radical (unpaired) electrons. The third-order valence-electron chi connectivity index (χ3n) is 4.90. The van der Waals surface area contributed by atoms with E-state index in [4.69, 9.17) is 0 Å². The lowest BCUT2D eigenvalue weighted by atomic mass is 9.68. The fraction of sp³-hybridized carbons (Fsp3) is 0.938. The average molecular weight is 462 g/mol. The Bertz CT molecular complexity index is 411. The molecule has 1 saturated carbocycles. The van der Waals surface area contributed by atoms with Crippen molar-refractivity contribution in [2.45, 2.75) is 45.2 Å². The number of likely N-dealkylation sites (tertiary alicyclic amines) is 1. The largest absolute Gasteiger partial charge is 0.401 e. The highest BCUT2D eigenvalue weighted by molar-refractivity contribution is 14.0. The number of alkyl halides is 3. The molecule has 4 nitrogen and oxygen atoms in total. The lowest BCUT2D eigenvalue weighted by Gasteiger charge is -2.38. The van der Waals surface area contributed by atoms with Crippen LogP contribution in [-0.2, 0) is 0 Å². The Morgan fingerprint density at radius 2 is 2.00 bits per heavy atom. The topological polar surface area (TPSA) is 30.9 Å². The van der Waals surface area contributed by atoms with Crippen LogP contribution in [0, 0.1) is 5.41 Å². The SMILES string of the molecule is CCNC(=NCCCN(C)CC(F)(F)F)N1CCC2(CCC2)C1.I. The Balaban J connectivity index is 0.00000288. The summed E-state index contributed by atoms with van der Waals surface area (Å²) in [4.78, 5) is 8.24. The van der Waals surface area contributed by atoms with Crippen LogP contribution in [0.1, 0.15) is 39.0 Å².